The first-order valence-electron chi connectivity index (χ1n) is 6.30. The van der Waals surface area contributed by atoms with Crippen LogP contribution in [0.2, 0.25) is 5.02 Å². The highest BCUT2D eigenvalue weighted by atomic mass is 35.5. The van der Waals surface area contributed by atoms with E-state index in [4.69, 9.17) is 11.6 Å². The Labute approximate surface area is 135 Å². The zero-order valence-corrected chi connectivity index (χ0v) is 12.5. The molecule has 8 nitrogen and oxygen atoms in total. The molecule has 0 saturated carbocycles. The van der Waals surface area contributed by atoms with Gasteiger partial charge in [-0.25, -0.2) is 0 Å². The number of rotatable bonds is 4. The summed E-state index contributed by atoms with van der Waals surface area (Å²) in [5.74, 6) is -0.617. The molecule has 1 amide bonds. The lowest BCUT2D eigenvalue weighted by Gasteiger charge is -2.09. The van der Waals surface area contributed by atoms with E-state index in [2.05, 4.69) is 5.32 Å². The smallest absolute Gasteiger partial charge is 0.274 e. The number of hydrogen-bond donors (Lipinski definition) is 1. The summed E-state index contributed by atoms with van der Waals surface area (Å²) in [6.07, 6.45) is 0. The Balaban J connectivity index is 2.31. The average Bonchev–Trinajstić information content (AvgIpc) is 2.48. The Morgan fingerprint density at radius 1 is 1.13 bits per heavy atom. The van der Waals surface area contributed by atoms with Gasteiger partial charge in [-0.2, -0.15) is 0 Å². The van der Waals surface area contributed by atoms with Crippen LogP contribution in [0.25, 0.3) is 0 Å². The van der Waals surface area contributed by atoms with E-state index >= 15 is 0 Å². The van der Waals surface area contributed by atoms with Crippen LogP contribution >= 0.6 is 11.6 Å². The van der Waals surface area contributed by atoms with E-state index in [1.165, 1.54) is 31.2 Å². The van der Waals surface area contributed by atoms with Crippen LogP contribution in [0.15, 0.2) is 36.4 Å². The van der Waals surface area contributed by atoms with E-state index in [0.29, 0.717) is 5.56 Å². The molecule has 2 aromatic carbocycles. The summed E-state index contributed by atoms with van der Waals surface area (Å²) in [5, 5.41) is 24.0. The summed E-state index contributed by atoms with van der Waals surface area (Å²) in [6, 6.07) is 7.72. The van der Waals surface area contributed by atoms with Gasteiger partial charge in [-0.15, -0.1) is 0 Å². The molecule has 23 heavy (non-hydrogen) atoms. The molecule has 0 saturated heterocycles. The Kier molecular flexibility index (Phi) is 4.56. The quantitative estimate of drug-likeness (QED) is 0.675. The van der Waals surface area contributed by atoms with Crippen molar-refractivity contribution in [2.75, 3.05) is 5.32 Å². The predicted octanol–water partition coefficient (Wildman–Crippen LogP) is 3.72. The summed E-state index contributed by atoms with van der Waals surface area (Å²) in [7, 11) is 0. The third kappa shape index (κ3) is 3.43. The number of nitrogens with zero attached hydrogens (tertiary/aromatic N) is 2. The van der Waals surface area contributed by atoms with Crippen molar-refractivity contribution < 1.29 is 14.6 Å². The Morgan fingerprint density at radius 2 is 1.83 bits per heavy atom. The second-order valence-corrected chi connectivity index (χ2v) is 4.99. The van der Waals surface area contributed by atoms with Crippen molar-refractivity contribution in [3.05, 3.63) is 72.8 Å². The van der Waals surface area contributed by atoms with Crippen LogP contribution in [0.3, 0.4) is 0 Å². The topological polar surface area (TPSA) is 115 Å². The van der Waals surface area contributed by atoms with Gasteiger partial charge < -0.3 is 5.32 Å². The summed E-state index contributed by atoms with van der Waals surface area (Å²) in [6.45, 7) is 1.51. The number of nitrogens with one attached hydrogen (secondary N) is 1. The van der Waals surface area contributed by atoms with Crippen molar-refractivity contribution in [2.24, 2.45) is 0 Å². The normalized spacial score (nSPS) is 10.2. The van der Waals surface area contributed by atoms with Crippen molar-refractivity contribution in [2.45, 2.75) is 6.92 Å². The molecule has 0 aromatic heterocycles. The van der Waals surface area contributed by atoms with Crippen molar-refractivity contribution in [3.8, 4) is 0 Å². The first-order chi connectivity index (χ1) is 10.8. The van der Waals surface area contributed by atoms with E-state index < -0.39 is 15.8 Å². The Morgan fingerprint density at radius 3 is 2.39 bits per heavy atom. The molecule has 1 N–H and O–H groups in total. The van der Waals surface area contributed by atoms with Gasteiger partial charge in [0.2, 0.25) is 0 Å². The zero-order valence-electron chi connectivity index (χ0n) is 11.8. The SMILES string of the molecule is Cc1c(NC(=O)c2ccc([N+](=O)[O-])cc2Cl)cccc1[N+](=O)[O-]. The highest BCUT2D eigenvalue weighted by Gasteiger charge is 2.18. The molecule has 2 rings (SSSR count). The largest absolute Gasteiger partial charge is 0.321 e. The van der Waals surface area contributed by atoms with E-state index in [9.17, 15) is 25.0 Å². The minimum atomic E-state index is -0.627. The molecular formula is C14H10ClN3O5. The number of anilines is 1. The monoisotopic (exact) mass is 335 g/mol. The van der Waals surface area contributed by atoms with Gasteiger partial charge in [0, 0.05) is 18.2 Å². The maximum atomic E-state index is 12.2. The van der Waals surface area contributed by atoms with E-state index in [-0.39, 0.29) is 27.6 Å². The number of hydrogen-bond acceptors (Lipinski definition) is 5. The van der Waals surface area contributed by atoms with Gasteiger partial charge in [0.15, 0.2) is 0 Å². The number of amides is 1. The number of nitro benzene ring substituents is 2. The fourth-order valence-electron chi connectivity index (χ4n) is 1.95. The van der Waals surface area contributed by atoms with Crippen LogP contribution in [0.1, 0.15) is 15.9 Å². The van der Waals surface area contributed by atoms with Crippen LogP contribution in [-0.4, -0.2) is 15.8 Å². The van der Waals surface area contributed by atoms with Crippen LogP contribution in [0.5, 0.6) is 0 Å². The summed E-state index contributed by atoms with van der Waals surface area (Å²) < 4.78 is 0. The third-order valence-corrected chi connectivity index (χ3v) is 3.47. The zero-order chi connectivity index (χ0) is 17.1. The van der Waals surface area contributed by atoms with Gasteiger partial charge in [0.05, 0.1) is 31.7 Å². The first-order valence-corrected chi connectivity index (χ1v) is 6.68. The molecule has 0 radical (unpaired) electrons. The van der Waals surface area contributed by atoms with Crippen LogP contribution < -0.4 is 5.32 Å². The molecule has 9 heteroatoms. The van der Waals surface area contributed by atoms with Gasteiger partial charge in [-0.05, 0) is 19.1 Å². The van der Waals surface area contributed by atoms with Gasteiger partial charge >= 0.3 is 0 Å². The molecule has 0 fully saturated rings. The number of nitro groups is 2. The average molecular weight is 336 g/mol. The second kappa shape index (κ2) is 6.41. The van der Waals surface area contributed by atoms with E-state index in [1.54, 1.807) is 0 Å². The molecule has 0 aliphatic carbocycles. The van der Waals surface area contributed by atoms with E-state index in [0.717, 1.165) is 12.1 Å². The molecule has 0 atom stereocenters. The van der Waals surface area contributed by atoms with E-state index in [1.807, 2.05) is 0 Å². The lowest BCUT2D eigenvalue weighted by Crippen LogP contribution is -2.14. The molecule has 0 aliphatic rings. The van der Waals surface area contributed by atoms with Crippen molar-refractivity contribution in [1.29, 1.82) is 0 Å². The molecule has 0 spiro atoms. The predicted molar refractivity (Wildman–Crippen MR) is 83.9 cm³/mol. The fourth-order valence-corrected chi connectivity index (χ4v) is 2.21. The highest BCUT2D eigenvalue weighted by molar-refractivity contribution is 6.34. The molecule has 0 heterocycles. The van der Waals surface area contributed by atoms with Crippen molar-refractivity contribution in [1.82, 2.24) is 0 Å². The molecule has 0 aliphatic heterocycles. The van der Waals surface area contributed by atoms with Gasteiger partial charge in [-0.3, -0.25) is 25.0 Å². The van der Waals surface area contributed by atoms with Gasteiger partial charge in [0.25, 0.3) is 17.3 Å². The lowest BCUT2D eigenvalue weighted by atomic mass is 10.1. The number of benzene rings is 2. The Bertz CT molecular complexity index is 822. The highest BCUT2D eigenvalue weighted by Crippen LogP contribution is 2.27. The van der Waals surface area contributed by atoms with Gasteiger partial charge in [-0.1, -0.05) is 17.7 Å². The van der Waals surface area contributed by atoms with Crippen molar-refractivity contribution >= 4 is 34.6 Å². The maximum absolute atomic E-state index is 12.2. The Hall–Kier alpha value is -3.00. The number of halogens is 1. The van der Waals surface area contributed by atoms with Gasteiger partial charge in [0.1, 0.15) is 0 Å². The summed E-state index contributed by atoms with van der Waals surface area (Å²) in [4.78, 5) is 32.6. The lowest BCUT2D eigenvalue weighted by molar-refractivity contribution is -0.385. The summed E-state index contributed by atoms with van der Waals surface area (Å²) >= 11 is 5.88. The molecule has 0 unspecified atom stereocenters. The first kappa shape index (κ1) is 16.4. The fraction of sp³-hybridized carbons (Fsp3) is 0.0714. The number of carbonyl (C=O) groups is 1. The molecule has 118 valence electrons. The molecule has 2 aromatic rings. The molecule has 0 bridgehead atoms. The third-order valence-electron chi connectivity index (χ3n) is 3.16. The maximum Gasteiger partial charge on any atom is 0.274 e. The standard InChI is InChI=1S/C14H10ClN3O5/c1-8-12(3-2-4-13(8)18(22)23)16-14(19)10-6-5-9(17(20)21)7-11(10)15/h2-7H,1H3,(H,16,19). The van der Waals surface area contributed by atoms with Crippen LogP contribution in [-0.2, 0) is 0 Å². The second-order valence-electron chi connectivity index (χ2n) is 4.58. The summed E-state index contributed by atoms with van der Waals surface area (Å²) in [5.41, 5.74) is 0.223. The minimum Gasteiger partial charge on any atom is -0.321 e. The number of carbonyl (C=O) groups excluding carboxylic acids is 1. The van der Waals surface area contributed by atoms with Crippen LogP contribution in [0.4, 0.5) is 17.1 Å². The minimum absolute atomic E-state index is 0.0307. The van der Waals surface area contributed by atoms with Crippen molar-refractivity contribution in [3.63, 3.8) is 0 Å². The van der Waals surface area contributed by atoms with Crippen LogP contribution in [0, 0.1) is 27.2 Å². The molecular weight excluding hydrogens is 326 g/mol. The number of non-ortho nitro benzene ring substituents is 1.